The Labute approximate surface area is 208 Å². The summed E-state index contributed by atoms with van der Waals surface area (Å²) in [6, 6.07) is 7.45. The number of anilines is 2. The number of nitrogen functional groups attached to an aromatic ring is 1. The van der Waals surface area contributed by atoms with Crippen molar-refractivity contribution < 1.29 is 13.6 Å². The third kappa shape index (κ3) is 4.86. The van der Waals surface area contributed by atoms with Gasteiger partial charge in [-0.25, -0.2) is 4.79 Å². The Hall–Kier alpha value is -4.01. The van der Waals surface area contributed by atoms with Crippen LogP contribution in [0.5, 0.6) is 0 Å². The largest absolute Gasteiger partial charge is 0.467 e. The number of hydrogen-bond acceptors (Lipinski definition) is 6. The van der Waals surface area contributed by atoms with Gasteiger partial charge in [-0.05, 0) is 54.7 Å². The molecule has 9 heteroatoms. The van der Waals surface area contributed by atoms with Crippen molar-refractivity contribution in [3.8, 4) is 0 Å². The molecule has 9 nitrogen and oxygen atoms in total. The molecule has 36 heavy (non-hydrogen) atoms. The second kappa shape index (κ2) is 10.3. The molecule has 0 saturated heterocycles. The number of benzene rings is 1. The molecular formula is C27H32N4O5. The van der Waals surface area contributed by atoms with E-state index in [2.05, 4.69) is 24.9 Å². The lowest BCUT2D eigenvalue weighted by Crippen LogP contribution is -2.41. The van der Waals surface area contributed by atoms with E-state index < -0.39 is 11.2 Å². The number of rotatable bonds is 9. The van der Waals surface area contributed by atoms with E-state index in [0.29, 0.717) is 35.8 Å². The minimum atomic E-state index is -0.722. The van der Waals surface area contributed by atoms with Gasteiger partial charge in [0.1, 0.15) is 17.2 Å². The van der Waals surface area contributed by atoms with Crippen LogP contribution in [-0.2, 0) is 24.3 Å². The number of furan rings is 2. The molecule has 3 aromatic heterocycles. The maximum Gasteiger partial charge on any atom is 0.330 e. The number of nitrogens with zero attached hydrogens (tertiary/aromatic N) is 2. The summed E-state index contributed by atoms with van der Waals surface area (Å²) < 4.78 is 12.5. The average molecular weight is 493 g/mol. The highest BCUT2D eigenvalue weighted by Gasteiger charge is 2.26. The van der Waals surface area contributed by atoms with Gasteiger partial charge in [0, 0.05) is 17.5 Å². The van der Waals surface area contributed by atoms with E-state index in [4.69, 9.17) is 14.6 Å². The monoisotopic (exact) mass is 492 g/mol. The van der Waals surface area contributed by atoms with Crippen LogP contribution in [0.1, 0.15) is 62.0 Å². The van der Waals surface area contributed by atoms with Gasteiger partial charge in [-0.3, -0.25) is 24.0 Å². The summed E-state index contributed by atoms with van der Waals surface area (Å²) in [5.74, 6) is 0.361. The van der Waals surface area contributed by atoms with Crippen molar-refractivity contribution in [2.45, 2.75) is 66.0 Å². The summed E-state index contributed by atoms with van der Waals surface area (Å²) in [6.45, 7) is 8.58. The zero-order valence-electron chi connectivity index (χ0n) is 21.1. The Morgan fingerprint density at radius 2 is 2.00 bits per heavy atom. The highest BCUT2D eigenvalue weighted by molar-refractivity contribution is 5.98. The SMILES string of the molecule is CCCCn1c(N)c(N(Cc2ccco2)C(=O)Cc2coc3cc(C)c(C(C)C)cc23)c(=O)[nH]c1=O. The standard InChI is InChI=1S/C27H32N4O5/c1-5-6-9-30-25(28)24(26(33)29-27(30)34)31(14-19-8-7-10-35-19)23(32)12-18-15-36-22-11-17(4)20(16(2)3)13-21(18)22/h7-8,10-11,13,15-16H,5-6,9,12,14,28H2,1-4H3,(H,29,33,34). The highest BCUT2D eigenvalue weighted by atomic mass is 16.3. The second-order valence-electron chi connectivity index (χ2n) is 9.35. The second-order valence-corrected chi connectivity index (χ2v) is 9.35. The minimum Gasteiger partial charge on any atom is -0.467 e. The third-order valence-corrected chi connectivity index (χ3v) is 6.42. The van der Waals surface area contributed by atoms with Crippen LogP contribution in [0.15, 0.2) is 55.2 Å². The average Bonchev–Trinajstić information content (AvgIpc) is 3.47. The van der Waals surface area contributed by atoms with E-state index in [-0.39, 0.29) is 30.4 Å². The first-order valence-corrected chi connectivity index (χ1v) is 12.2. The van der Waals surface area contributed by atoms with Gasteiger partial charge in [0.25, 0.3) is 5.56 Å². The first-order chi connectivity index (χ1) is 17.2. The number of nitrogens with two attached hydrogens (primary N) is 1. The molecule has 1 amide bonds. The van der Waals surface area contributed by atoms with E-state index in [1.807, 2.05) is 19.9 Å². The van der Waals surface area contributed by atoms with Gasteiger partial charge in [0.15, 0.2) is 5.69 Å². The molecule has 0 unspecified atom stereocenters. The van der Waals surface area contributed by atoms with Gasteiger partial charge < -0.3 is 14.6 Å². The predicted octanol–water partition coefficient (Wildman–Crippen LogP) is 4.47. The summed E-state index contributed by atoms with van der Waals surface area (Å²) in [6.07, 6.45) is 4.57. The van der Waals surface area contributed by atoms with Crippen molar-refractivity contribution >= 4 is 28.4 Å². The molecule has 0 atom stereocenters. The lowest BCUT2D eigenvalue weighted by molar-refractivity contribution is -0.118. The molecule has 0 bridgehead atoms. The molecule has 0 radical (unpaired) electrons. The first-order valence-electron chi connectivity index (χ1n) is 12.2. The van der Waals surface area contributed by atoms with Crippen molar-refractivity contribution in [1.29, 1.82) is 0 Å². The van der Waals surface area contributed by atoms with E-state index in [1.54, 1.807) is 18.4 Å². The van der Waals surface area contributed by atoms with Gasteiger partial charge >= 0.3 is 5.69 Å². The number of hydrogen-bond donors (Lipinski definition) is 2. The molecule has 3 N–H and O–H groups in total. The molecule has 0 aliphatic carbocycles. The van der Waals surface area contributed by atoms with Crippen LogP contribution in [0.4, 0.5) is 11.5 Å². The number of carbonyl (C=O) groups is 1. The Balaban J connectivity index is 1.77. The maximum atomic E-state index is 13.7. The topological polar surface area (TPSA) is 127 Å². The fourth-order valence-corrected chi connectivity index (χ4v) is 4.49. The number of carbonyl (C=O) groups excluding carboxylic acids is 1. The summed E-state index contributed by atoms with van der Waals surface area (Å²) in [7, 11) is 0. The third-order valence-electron chi connectivity index (χ3n) is 6.42. The summed E-state index contributed by atoms with van der Waals surface area (Å²) in [4.78, 5) is 42.7. The molecule has 0 aliphatic rings. The molecule has 0 fully saturated rings. The van der Waals surface area contributed by atoms with Gasteiger partial charge in [-0.1, -0.05) is 27.2 Å². The van der Waals surface area contributed by atoms with Crippen LogP contribution in [0.2, 0.25) is 0 Å². The lowest BCUT2D eigenvalue weighted by atomic mass is 9.95. The Kier molecular flexibility index (Phi) is 7.19. The molecule has 4 rings (SSSR count). The zero-order valence-corrected chi connectivity index (χ0v) is 21.1. The highest BCUT2D eigenvalue weighted by Crippen LogP contribution is 2.30. The van der Waals surface area contributed by atoms with Crippen LogP contribution in [0, 0.1) is 6.92 Å². The summed E-state index contributed by atoms with van der Waals surface area (Å²) in [5.41, 5.74) is 8.63. The smallest absolute Gasteiger partial charge is 0.330 e. The summed E-state index contributed by atoms with van der Waals surface area (Å²) >= 11 is 0. The number of nitrogens with one attached hydrogen (secondary N) is 1. The fourth-order valence-electron chi connectivity index (χ4n) is 4.49. The van der Waals surface area contributed by atoms with Crippen molar-refractivity contribution in [3.63, 3.8) is 0 Å². The first kappa shape index (κ1) is 25.1. The molecule has 0 spiro atoms. The van der Waals surface area contributed by atoms with Crippen molar-refractivity contribution in [2.24, 2.45) is 0 Å². The fraction of sp³-hybridized carbons (Fsp3) is 0.370. The van der Waals surface area contributed by atoms with Crippen LogP contribution < -0.4 is 21.9 Å². The molecule has 4 aromatic rings. The number of aromatic nitrogens is 2. The normalized spacial score (nSPS) is 11.5. The number of amides is 1. The van der Waals surface area contributed by atoms with Crippen LogP contribution in [0.3, 0.4) is 0 Å². The maximum absolute atomic E-state index is 13.7. The molecule has 0 saturated carbocycles. The molecule has 190 valence electrons. The molecule has 0 aliphatic heterocycles. The summed E-state index contributed by atoms with van der Waals surface area (Å²) in [5, 5.41) is 0.852. The molecular weight excluding hydrogens is 460 g/mol. The predicted molar refractivity (Wildman–Crippen MR) is 139 cm³/mol. The number of aryl methyl sites for hydroxylation is 1. The Morgan fingerprint density at radius 1 is 1.22 bits per heavy atom. The van der Waals surface area contributed by atoms with Crippen molar-refractivity contribution in [3.05, 3.63) is 80.1 Å². The van der Waals surface area contributed by atoms with Gasteiger partial charge in [0.2, 0.25) is 5.91 Å². The number of H-pyrrole nitrogens is 1. The van der Waals surface area contributed by atoms with E-state index >= 15 is 0 Å². The van der Waals surface area contributed by atoms with Gasteiger partial charge in [-0.15, -0.1) is 0 Å². The zero-order chi connectivity index (χ0) is 26.0. The number of unbranched alkanes of at least 4 members (excludes halogenated alkanes) is 1. The van der Waals surface area contributed by atoms with Crippen LogP contribution in [-0.4, -0.2) is 15.5 Å². The van der Waals surface area contributed by atoms with E-state index in [9.17, 15) is 14.4 Å². The quantitative estimate of drug-likeness (QED) is 0.355. The van der Waals surface area contributed by atoms with Crippen molar-refractivity contribution in [2.75, 3.05) is 10.6 Å². The van der Waals surface area contributed by atoms with Gasteiger partial charge in [0.05, 0.1) is 25.5 Å². The van der Waals surface area contributed by atoms with Gasteiger partial charge in [-0.2, -0.15) is 0 Å². The minimum absolute atomic E-state index is 0.0166. The Morgan fingerprint density at radius 3 is 2.67 bits per heavy atom. The molecule has 1 aromatic carbocycles. The van der Waals surface area contributed by atoms with Crippen molar-refractivity contribution in [1.82, 2.24) is 9.55 Å². The van der Waals surface area contributed by atoms with Crippen LogP contribution >= 0.6 is 0 Å². The van der Waals surface area contributed by atoms with Crippen LogP contribution in [0.25, 0.3) is 11.0 Å². The number of aromatic amines is 1. The molecule has 3 heterocycles. The Bertz CT molecular complexity index is 1490. The lowest BCUT2D eigenvalue weighted by Gasteiger charge is -2.24. The van der Waals surface area contributed by atoms with E-state index in [1.165, 1.54) is 21.3 Å². The van der Waals surface area contributed by atoms with E-state index in [0.717, 1.165) is 17.4 Å². The number of fused-ring (bicyclic) bond motifs is 1.